The summed E-state index contributed by atoms with van der Waals surface area (Å²) in [5.41, 5.74) is 3.23. The van der Waals surface area contributed by atoms with E-state index in [4.69, 9.17) is 0 Å². The van der Waals surface area contributed by atoms with Crippen molar-refractivity contribution in [3.05, 3.63) is 47.9 Å². The van der Waals surface area contributed by atoms with Gasteiger partial charge in [0.2, 0.25) is 0 Å². The number of hydrogen-bond acceptors (Lipinski definition) is 5. The fraction of sp³-hybridized carbons (Fsp3) is 0.421. The Labute approximate surface area is 151 Å². The largest absolute Gasteiger partial charge is 0.364 e. The SMILES string of the molecule is Cc1ccc(CCN2CC[C@@H](Nc3ncnc4[nH]ncc34)[C@H](F)C2)cc1. The predicted octanol–water partition coefficient (Wildman–Crippen LogP) is 2.73. The standard InChI is InChI=1S/C19H23FN6/c1-13-2-4-14(5-3-13)6-8-26-9-7-17(16(20)11-26)24-18-15-10-23-25-19(15)22-12-21-18/h2-5,10,12,16-17H,6-9,11H2,1H3,(H2,21,22,23,24,25)/t16-,17-/m1/s1. The summed E-state index contributed by atoms with van der Waals surface area (Å²) in [6.07, 6.45) is 3.90. The first-order chi connectivity index (χ1) is 12.7. The summed E-state index contributed by atoms with van der Waals surface area (Å²) in [6, 6.07) is 8.33. The number of anilines is 1. The number of aryl methyl sites for hydroxylation is 1. The normalized spacial score (nSPS) is 21.2. The molecule has 0 bridgehead atoms. The van der Waals surface area contributed by atoms with Crippen LogP contribution >= 0.6 is 0 Å². The second-order valence-electron chi connectivity index (χ2n) is 6.95. The van der Waals surface area contributed by atoms with Gasteiger partial charge in [-0.1, -0.05) is 29.8 Å². The lowest BCUT2D eigenvalue weighted by Gasteiger charge is -2.35. The van der Waals surface area contributed by atoms with Crippen LogP contribution in [0.25, 0.3) is 11.0 Å². The molecule has 1 saturated heterocycles. The highest BCUT2D eigenvalue weighted by Gasteiger charge is 2.29. The van der Waals surface area contributed by atoms with E-state index in [0.717, 1.165) is 31.3 Å². The Hall–Kier alpha value is -2.54. The highest BCUT2D eigenvalue weighted by molar-refractivity contribution is 5.85. The summed E-state index contributed by atoms with van der Waals surface area (Å²) in [4.78, 5) is 10.6. The number of nitrogens with zero attached hydrogens (tertiary/aromatic N) is 4. The molecule has 0 aliphatic carbocycles. The molecule has 2 N–H and O–H groups in total. The zero-order valence-corrected chi connectivity index (χ0v) is 14.8. The van der Waals surface area contributed by atoms with E-state index in [0.29, 0.717) is 18.0 Å². The van der Waals surface area contributed by atoms with Crippen LogP contribution in [0.5, 0.6) is 0 Å². The van der Waals surface area contributed by atoms with Gasteiger partial charge < -0.3 is 5.32 Å². The number of rotatable bonds is 5. The first-order valence-electron chi connectivity index (χ1n) is 9.01. The van der Waals surface area contributed by atoms with Crippen molar-refractivity contribution in [2.45, 2.75) is 32.0 Å². The summed E-state index contributed by atoms with van der Waals surface area (Å²) in [5, 5.41) is 10.8. The van der Waals surface area contributed by atoms with Crippen molar-refractivity contribution in [1.82, 2.24) is 25.1 Å². The quantitative estimate of drug-likeness (QED) is 0.737. The molecule has 6 nitrogen and oxygen atoms in total. The predicted molar refractivity (Wildman–Crippen MR) is 99.9 cm³/mol. The summed E-state index contributed by atoms with van der Waals surface area (Å²) in [5.74, 6) is 0.643. The van der Waals surface area contributed by atoms with Crippen molar-refractivity contribution in [1.29, 1.82) is 0 Å². The molecule has 2 aromatic heterocycles. The third kappa shape index (κ3) is 3.67. The second kappa shape index (κ2) is 7.37. The van der Waals surface area contributed by atoms with Gasteiger partial charge in [0, 0.05) is 19.6 Å². The molecule has 1 aliphatic rings. The van der Waals surface area contributed by atoms with Crippen LogP contribution in [0.2, 0.25) is 0 Å². The summed E-state index contributed by atoms with van der Waals surface area (Å²) in [6.45, 7) is 4.30. The molecule has 7 heteroatoms. The Morgan fingerprint density at radius 1 is 1.27 bits per heavy atom. The lowest BCUT2D eigenvalue weighted by Crippen LogP contribution is -2.48. The summed E-state index contributed by atoms with van der Waals surface area (Å²) >= 11 is 0. The van der Waals surface area contributed by atoms with E-state index >= 15 is 0 Å². The molecule has 1 aliphatic heterocycles. The van der Waals surface area contributed by atoms with Gasteiger partial charge in [-0.2, -0.15) is 5.10 Å². The number of aromatic amines is 1. The molecule has 0 amide bonds. The van der Waals surface area contributed by atoms with Gasteiger partial charge in [0.05, 0.1) is 17.6 Å². The fourth-order valence-corrected chi connectivity index (χ4v) is 3.43. The lowest BCUT2D eigenvalue weighted by molar-refractivity contribution is 0.127. The Bertz CT molecular complexity index is 862. The van der Waals surface area contributed by atoms with Gasteiger partial charge in [0.25, 0.3) is 0 Å². The van der Waals surface area contributed by atoms with Crippen LogP contribution in [-0.2, 0) is 6.42 Å². The smallest absolute Gasteiger partial charge is 0.160 e. The number of aromatic nitrogens is 4. The van der Waals surface area contributed by atoms with Gasteiger partial charge in [0.1, 0.15) is 18.3 Å². The van der Waals surface area contributed by atoms with Crippen molar-refractivity contribution < 1.29 is 4.39 Å². The van der Waals surface area contributed by atoms with Crippen LogP contribution in [0.3, 0.4) is 0 Å². The molecular formula is C19H23FN6. The molecule has 136 valence electrons. The maximum absolute atomic E-state index is 14.7. The molecule has 26 heavy (non-hydrogen) atoms. The van der Waals surface area contributed by atoms with Crippen molar-refractivity contribution in [3.63, 3.8) is 0 Å². The van der Waals surface area contributed by atoms with Gasteiger partial charge in [-0.15, -0.1) is 0 Å². The zero-order chi connectivity index (χ0) is 17.9. The average Bonchev–Trinajstić information content (AvgIpc) is 3.13. The third-order valence-electron chi connectivity index (χ3n) is 5.03. The highest BCUT2D eigenvalue weighted by Crippen LogP contribution is 2.22. The molecule has 4 rings (SSSR count). The highest BCUT2D eigenvalue weighted by atomic mass is 19.1. The van der Waals surface area contributed by atoms with Crippen molar-refractivity contribution in [3.8, 4) is 0 Å². The molecule has 0 saturated carbocycles. The van der Waals surface area contributed by atoms with Crippen LogP contribution in [-0.4, -0.2) is 56.9 Å². The number of fused-ring (bicyclic) bond motifs is 1. The molecule has 0 unspecified atom stereocenters. The lowest BCUT2D eigenvalue weighted by atomic mass is 10.0. The summed E-state index contributed by atoms with van der Waals surface area (Å²) in [7, 11) is 0. The Balaban J connectivity index is 1.33. The van der Waals surface area contributed by atoms with Gasteiger partial charge in [-0.3, -0.25) is 10.00 Å². The van der Waals surface area contributed by atoms with Crippen LogP contribution in [0, 0.1) is 6.92 Å². The maximum atomic E-state index is 14.7. The number of benzene rings is 1. The van der Waals surface area contributed by atoms with E-state index in [1.165, 1.54) is 17.5 Å². The molecule has 2 atom stereocenters. The summed E-state index contributed by atoms with van der Waals surface area (Å²) < 4.78 is 14.7. The first kappa shape index (κ1) is 16.9. The van der Waals surface area contributed by atoms with Crippen molar-refractivity contribution in [2.75, 3.05) is 25.0 Å². The number of piperidine rings is 1. The molecular weight excluding hydrogens is 331 g/mol. The van der Waals surface area contributed by atoms with Crippen molar-refractivity contribution >= 4 is 16.9 Å². The van der Waals surface area contributed by atoms with Crippen molar-refractivity contribution in [2.24, 2.45) is 0 Å². The van der Waals surface area contributed by atoms with Crippen LogP contribution in [0.4, 0.5) is 10.2 Å². The number of hydrogen-bond donors (Lipinski definition) is 2. The molecule has 3 aromatic rings. The number of halogens is 1. The number of H-pyrrole nitrogens is 1. The Kier molecular flexibility index (Phi) is 4.79. The Morgan fingerprint density at radius 3 is 2.92 bits per heavy atom. The number of likely N-dealkylation sites (tertiary alicyclic amines) is 1. The van der Waals surface area contributed by atoms with Gasteiger partial charge in [0.15, 0.2) is 5.65 Å². The molecule has 0 radical (unpaired) electrons. The average molecular weight is 354 g/mol. The van der Waals surface area contributed by atoms with Gasteiger partial charge >= 0.3 is 0 Å². The molecule has 3 heterocycles. The van der Waals surface area contributed by atoms with Crippen LogP contribution in [0.1, 0.15) is 17.5 Å². The topological polar surface area (TPSA) is 69.7 Å². The number of alkyl halides is 1. The van der Waals surface area contributed by atoms with E-state index in [1.807, 2.05) is 0 Å². The maximum Gasteiger partial charge on any atom is 0.160 e. The minimum atomic E-state index is -0.932. The monoisotopic (exact) mass is 354 g/mol. The minimum absolute atomic E-state index is 0.237. The zero-order valence-electron chi connectivity index (χ0n) is 14.8. The van der Waals surface area contributed by atoms with E-state index in [-0.39, 0.29) is 6.04 Å². The van der Waals surface area contributed by atoms with E-state index < -0.39 is 6.17 Å². The third-order valence-corrected chi connectivity index (χ3v) is 5.03. The van der Waals surface area contributed by atoms with Crippen LogP contribution < -0.4 is 5.32 Å². The first-order valence-corrected chi connectivity index (χ1v) is 9.01. The van der Waals surface area contributed by atoms with E-state index in [2.05, 4.69) is 61.6 Å². The number of nitrogens with one attached hydrogen (secondary N) is 2. The van der Waals surface area contributed by atoms with Gasteiger partial charge in [-0.05, 0) is 25.3 Å². The Morgan fingerprint density at radius 2 is 2.12 bits per heavy atom. The molecule has 0 spiro atoms. The van der Waals surface area contributed by atoms with Crippen LogP contribution in [0.15, 0.2) is 36.8 Å². The van der Waals surface area contributed by atoms with E-state index in [1.54, 1.807) is 6.20 Å². The minimum Gasteiger partial charge on any atom is -0.364 e. The second-order valence-corrected chi connectivity index (χ2v) is 6.95. The fourth-order valence-electron chi connectivity index (χ4n) is 3.43. The van der Waals surface area contributed by atoms with E-state index in [9.17, 15) is 4.39 Å². The molecule has 1 fully saturated rings. The van der Waals surface area contributed by atoms with Gasteiger partial charge in [-0.25, -0.2) is 14.4 Å². The molecule has 1 aromatic carbocycles.